The molecule has 0 spiro atoms. The molecule has 2 aromatic rings. The lowest BCUT2D eigenvalue weighted by atomic mass is 9.99. The van der Waals surface area contributed by atoms with Crippen molar-refractivity contribution in [2.45, 2.75) is 19.5 Å². The van der Waals surface area contributed by atoms with Gasteiger partial charge in [-0.25, -0.2) is 0 Å². The first-order chi connectivity index (χ1) is 13.9. The van der Waals surface area contributed by atoms with E-state index in [-0.39, 0.29) is 40.9 Å². The maximum Gasteiger partial charge on any atom is 0.387 e. The summed E-state index contributed by atoms with van der Waals surface area (Å²) in [6.07, 6.45) is 3.22. The zero-order chi connectivity index (χ0) is 21.0. The van der Waals surface area contributed by atoms with Gasteiger partial charge in [0.2, 0.25) is 0 Å². The molecule has 0 aromatic heterocycles. The molecule has 2 N–H and O–H groups in total. The Labute approximate surface area is 172 Å². The molecule has 4 nitrogen and oxygen atoms in total. The number of benzene rings is 2. The number of aliphatic hydroxyl groups excluding tert-OH is 1. The van der Waals surface area contributed by atoms with Gasteiger partial charge in [0.05, 0.1) is 16.3 Å². The average Bonchev–Trinajstić information content (AvgIpc) is 3.53. The molecule has 0 radical (unpaired) electrons. The molecule has 29 heavy (non-hydrogen) atoms. The Morgan fingerprint density at radius 1 is 1.28 bits per heavy atom. The lowest BCUT2D eigenvalue weighted by Crippen LogP contribution is -2.17. The summed E-state index contributed by atoms with van der Waals surface area (Å²) in [5.74, 6) is 0.304. The average molecular weight is 420 g/mol. The number of para-hydroxylation sites is 1. The van der Waals surface area contributed by atoms with Crippen LogP contribution in [0.1, 0.15) is 24.0 Å². The lowest BCUT2D eigenvalue weighted by molar-refractivity contribution is -0.0499. The van der Waals surface area contributed by atoms with Gasteiger partial charge in [-0.05, 0) is 48.7 Å². The minimum Gasteiger partial charge on any atom is -0.512 e. The van der Waals surface area contributed by atoms with Crippen LogP contribution in [0.3, 0.4) is 0 Å². The molecule has 2 aromatic carbocycles. The molecular formula is C22H20ClF2NO3. The van der Waals surface area contributed by atoms with Crippen LogP contribution in [-0.4, -0.2) is 24.0 Å². The van der Waals surface area contributed by atoms with Gasteiger partial charge in [0.25, 0.3) is 0 Å². The van der Waals surface area contributed by atoms with Crippen LogP contribution in [0.2, 0.25) is 5.02 Å². The number of aliphatic hydroxyl groups is 1. The molecule has 3 rings (SSSR count). The van der Waals surface area contributed by atoms with Crippen LogP contribution in [0.25, 0.3) is 6.08 Å². The summed E-state index contributed by atoms with van der Waals surface area (Å²) in [6.45, 7) is 0.536. The van der Waals surface area contributed by atoms with Crippen molar-refractivity contribution >= 4 is 23.4 Å². The van der Waals surface area contributed by atoms with E-state index in [0.717, 1.165) is 18.4 Å². The molecule has 0 unspecified atom stereocenters. The fourth-order valence-corrected chi connectivity index (χ4v) is 3.08. The van der Waals surface area contributed by atoms with Crippen LogP contribution >= 0.6 is 11.6 Å². The van der Waals surface area contributed by atoms with Crippen LogP contribution in [0.5, 0.6) is 11.5 Å². The number of halogens is 3. The third-order valence-corrected chi connectivity index (χ3v) is 4.85. The van der Waals surface area contributed by atoms with Crippen LogP contribution < -0.4 is 9.47 Å². The van der Waals surface area contributed by atoms with Crippen molar-refractivity contribution in [3.63, 3.8) is 0 Å². The predicted molar refractivity (Wildman–Crippen MR) is 109 cm³/mol. The molecule has 1 saturated carbocycles. The highest BCUT2D eigenvalue weighted by Crippen LogP contribution is 2.38. The van der Waals surface area contributed by atoms with Gasteiger partial charge < -0.3 is 14.6 Å². The van der Waals surface area contributed by atoms with Gasteiger partial charge in [0.15, 0.2) is 0 Å². The Morgan fingerprint density at radius 3 is 2.62 bits per heavy atom. The molecule has 0 bridgehead atoms. The SMILES string of the molecule is C=Cc1ccc(OC/C(C(=N)c2ccccc2OC(F)F)=C(/O)C2CC2)cc1Cl. The van der Waals surface area contributed by atoms with E-state index in [2.05, 4.69) is 11.3 Å². The number of alkyl halides is 2. The zero-order valence-corrected chi connectivity index (χ0v) is 16.3. The van der Waals surface area contributed by atoms with Gasteiger partial charge in [-0.15, -0.1) is 0 Å². The standard InChI is InChI=1S/C22H20ClF2NO3/c1-2-13-9-10-15(11-18(13)23)28-12-17(21(27)14-7-8-14)20(26)16-5-3-4-6-19(16)29-22(24)25/h2-6,9-11,14,22,26-27H,1,7-8,12H2/b21-17-,26-20?. The van der Waals surface area contributed by atoms with Gasteiger partial charge in [-0.3, -0.25) is 5.41 Å². The molecule has 1 aliphatic carbocycles. The third kappa shape index (κ3) is 5.15. The molecule has 0 heterocycles. The Kier molecular flexibility index (Phi) is 6.54. The van der Waals surface area contributed by atoms with E-state index >= 15 is 0 Å². The van der Waals surface area contributed by atoms with Crippen LogP contribution in [-0.2, 0) is 0 Å². The minimum atomic E-state index is -3.02. The fraction of sp³-hybridized carbons (Fsp3) is 0.227. The van der Waals surface area contributed by atoms with Crippen molar-refractivity contribution in [3.05, 3.63) is 76.5 Å². The van der Waals surface area contributed by atoms with E-state index in [9.17, 15) is 13.9 Å². The highest BCUT2D eigenvalue weighted by molar-refractivity contribution is 6.32. The van der Waals surface area contributed by atoms with E-state index in [1.807, 2.05) is 0 Å². The molecular weight excluding hydrogens is 400 g/mol. The molecule has 1 aliphatic rings. The quantitative estimate of drug-likeness (QED) is 0.373. The molecule has 1 fully saturated rings. The van der Waals surface area contributed by atoms with Crippen molar-refractivity contribution in [2.24, 2.45) is 5.92 Å². The van der Waals surface area contributed by atoms with Crippen molar-refractivity contribution < 1.29 is 23.4 Å². The summed E-state index contributed by atoms with van der Waals surface area (Å²) in [4.78, 5) is 0. The Bertz CT molecular complexity index is 955. The number of hydrogen-bond acceptors (Lipinski definition) is 4. The van der Waals surface area contributed by atoms with Gasteiger partial charge in [0.1, 0.15) is 23.9 Å². The van der Waals surface area contributed by atoms with E-state index in [4.69, 9.17) is 21.7 Å². The first-order valence-corrected chi connectivity index (χ1v) is 9.38. The minimum absolute atomic E-state index is 0.0376. The largest absolute Gasteiger partial charge is 0.512 e. The first-order valence-electron chi connectivity index (χ1n) is 9.00. The second kappa shape index (κ2) is 9.09. The van der Waals surface area contributed by atoms with E-state index in [1.54, 1.807) is 30.3 Å². The normalized spacial score (nSPS) is 14.3. The van der Waals surface area contributed by atoms with Crippen molar-refractivity contribution in [2.75, 3.05) is 6.61 Å². The third-order valence-electron chi connectivity index (χ3n) is 4.52. The summed E-state index contributed by atoms with van der Waals surface area (Å²) < 4.78 is 35.7. The number of allylic oxidation sites excluding steroid dienone is 1. The van der Waals surface area contributed by atoms with Gasteiger partial charge >= 0.3 is 6.61 Å². The van der Waals surface area contributed by atoms with Gasteiger partial charge in [0, 0.05) is 11.5 Å². The van der Waals surface area contributed by atoms with Crippen LogP contribution in [0.15, 0.2) is 60.4 Å². The zero-order valence-electron chi connectivity index (χ0n) is 15.5. The Hall–Kier alpha value is -2.86. The fourth-order valence-electron chi connectivity index (χ4n) is 2.83. The van der Waals surface area contributed by atoms with Gasteiger partial charge in [-0.1, -0.05) is 36.4 Å². The molecule has 0 amide bonds. The summed E-state index contributed by atoms with van der Waals surface area (Å²) in [7, 11) is 0. The topological polar surface area (TPSA) is 62.5 Å². The van der Waals surface area contributed by atoms with E-state index in [1.165, 1.54) is 18.2 Å². The van der Waals surface area contributed by atoms with Crippen molar-refractivity contribution in [3.8, 4) is 11.5 Å². The van der Waals surface area contributed by atoms with E-state index in [0.29, 0.717) is 10.8 Å². The summed E-state index contributed by atoms with van der Waals surface area (Å²) in [5, 5.41) is 19.6. The maximum absolute atomic E-state index is 12.7. The highest BCUT2D eigenvalue weighted by Gasteiger charge is 2.31. The maximum atomic E-state index is 12.7. The first kappa shape index (κ1) is 20.9. The molecule has 0 saturated heterocycles. The summed E-state index contributed by atoms with van der Waals surface area (Å²) in [5.41, 5.74) is 1.00. The lowest BCUT2D eigenvalue weighted by Gasteiger charge is -2.16. The smallest absolute Gasteiger partial charge is 0.387 e. The van der Waals surface area contributed by atoms with Crippen molar-refractivity contribution in [1.82, 2.24) is 0 Å². The summed E-state index contributed by atoms with van der Waals surface area (Å²) in [6, 6.07) is 11.1. The second-order valence-corrected chi connectivity index (χ2v) is 6.97. The van der Waals surface area contributed by atoms with Crippen molar-refractivity contribution in [1.29, 1.82) is 5.41 Å². The number of hydrogen-bond donors (Lipinski definition) is 2. The number of rotatable bonds is 9. The monoisotopic (exact) mass is 419 g/mol. The number of ether oxygens (including phenoxy) is 2. The highest BCUT2D eigenvalue weighted by atomic mass is 35.5. The molecule has 0 atom stereocenters. The van der Waals surface area contributed by atoms with Crippen LogP contribution in [0, 0.1) is 11.3 Å². The second-order valence-electron chi connectivity index (χ2n) is 6.56. The molecule has 7 heteroatoms. The number of nitrogens with one attached hydrogen (secondary N) is 1. The predicted octanol–water partition coefficient (Wildman–Crippen LogP) is 6.25. The van der Waals surface area contributed by atoms with Crippen LogP contribution in [0.4, 0.5) is 8.78 Å². The Morgan fingerprint density at radius 2 is 2.00 bits per heavy atom. The van der Waals surface area contributed by atoms with Gasteiger partial charge in [-0.2, -0.15) is 8.78 Å². The molecule has 0 aliphatic heterocycles. The Balaban J connectivity index is 1.87. The molecule has 152 valence electrons. The van der Waals surface area contributed by atoms with E-state index < -0.39 is 6.61 Å². The summed E-state index contributed by atoms with van der Waals surface area (Å²) >= 11 is 6.15.